The lowest BCUT2D eigenvalue weighted by molar-refractivity contribution is 0.283. The number of aryl methyl sites for hydroxylation is 1. The fourth-order valence-electron chi connectivity index (χ4n) is 3.36. The maximum atomic E-state index is 6.04. The Labute approximate surface area is 151 Å². The molecule has 4 nitrogen and oxygen atoms in total. The van der Waals surface area contributed by atoms with Crippen molar-refractivity contribution in [1.82, 2.24) is 15.1 Å². The van der Waals surface area contributed by atoms with Gasteiger partial charge in [-0.2, -0.15) is 5.10 Å². The molecule has 24 heavy (non-hydrogen) atoms. The van der Waals surface area contributed by atoms with Gasteiger partial charge in [0.1, 0.15) is 12.4 Å². The molecule has 0 unspecified atom stereocenters. The Balaban J connectivity index is 0.00000208. The molecule has 3 rings (SSSR count). The van der Waals surface area contributed by atoms with Crippen LogP contribution in [-0.2, 0) is 19.7 Å². The standard InChI is InChI=1S/C19H27N3O.ClH/c1-15-7-3-6-10-19(15)23-14-18-11-17(12-20-2)21-22(18)13-16-8-4-5-9-16;/h3,6-7,10-11,16,20H,4-5,8-9,12-14H2,1-2H3;1H. The van der Waals surface area contributed by atoms with Crippen LogP contribution < -0.4 is 10.1 Å². The number of aromatic nitrogens is 2. The molecule has 0 radical (unpaired) electrons. The molecule has 0 bridgehead atoms. The van der Waals surface area contributed by atoms with Gasteiger partial charge in [0, 0.05) is 13.1 Å². The first-order valence-electron chi connectivity index (χ1n) is 8.65. The first-order chi connectivity index (χ1) is 11.3. The zero-order valence-corrected chi connectivity index (χ0v) is 15.4. The molecule has 1 saturated carbocycles. The van der Waals surface area contributed by atoms with E-state index in [4.69, 9.17) is 9.84 Å². The van der Waals surface area contributed by atoms with Crippen molar-refractivity contribution < 1.29 is 4.74 Å². The van der Waals surface area contributed by atoms with E-state index in [-0.39, 0.29) is 12.4 Å². The van der Waals surface area contributed by atoms with Crippen molar-refractivity contribution in [1.29, 1.82) is 0 Å². The van der Waals surface area contributed by atoms with Crippen LogP contribution in [0.5, 0.6) is 5.75 Å². The van der Waals surface area contributed by atoms with E-state index in [1.807, 2.05) is 25.2 Å². The molecule has 1 aromatic carbocycles. The Morgan fingerprint density at radius 3 is 2.71 bits per heavy atom. The summed E-state index contributed by atoms with van der Waals surface area (Å²) in [6, 6.07) is 10.3. The normalized spacial score (nSPS) is 14.6. The van der Waals surface area contributed by atoms with Crippen molar-refractivity contribution in [3.05, 3.63) is 47.3 Å². The van der Waals surface area contributed by atoms with Gasteiger partial charge in [-0.1, -0.05) is 31.0 Å². The molecule has 1 N–H and O–H groups in total. The number of nitrogens with one attached hydrogen (secondary N) is 1. The van der Waals surface area contributed by atoms with Crippen molar-refractivity contribution in [3.8, 4) is 5.75 Å². The fourth-order valence-corrected chi connectivity index (χ4v) is 3.36. The molecule has 2 aromatic rings. The molecule has 1 aromatic heterocycles. The third-order valence-electron chi connectivity index (χ3n) is 4.65. The van der Waals surface area contributed by atoms with Gasteiger partial charge < -0.3 is 10.1 Å². The van der Waals surface area contributed by atoms with E-state index in [1.54, 1.807) is 0 Å². The topological polar surface area (TPSA) is 39.1 Å². The van der Waals surface area contributed by atoms with Crippen LogP contribution >= 0.6 is 12.4 Å². The predicted octanol–water partition coefficient (Wildman–Crippen LogP) is 4.10. The van der Waals surface area contributed by atoms with Crippen molar-refractivity contribution in [3.63, 3.8) is 0 Å². The summed E-state index contributed by atoms with van der Waals surface area (Å²) >= 11 is 0. The number of halogens is 1. The lowest BCUT2D eigenvalue weighted by Gasteiger charge is -2.14. The van der Waals surface area contributed by atoms with Crippen molar-refractivity contribution >= 4 is 12.4 Å². The lowest BCUT2D eigenvalue weighted by atomic mass is 10.1. The van der Waals surface area contributed by atoms with Gasteiger partial charge >= 0.3 is 0 Å². The van der Waals surface area contributed by atoms with Gasteiger partial charge in [0.25, 0.3) is 0 Å². The van der Waals surface area contributed by atoms with Crippen LogP contribution in [0.2, 0.25) is 0 Å². The maximum absolute atomic E-state index is 6.04. The molecule has 0 spiro atoms. The zero-order valence-electron chi connectivity index (χ0n) is 14.6. The highest BCUT2D eigenvalue weighted by Crippen LogP contribution is 2.27. The van der Waals surface area contributed by atoms with Gasteiger partial charge in [-0.15, -0.1) is 12.4 Å². The number of hydrogen-bond donors (Lipinski definition) is 1. The van der Waals surface area contributed by atoms with Gasteiger partial charge in [-0.3, -0.25) is 4.68 Å². The number of nitrogens with zero attached hydrogens (tertiary/aromatic N) is 2. The number of ether oxygens (including phenoxy) is 1. The molecule has 1 fully saturated rings. The molecule has 1 aliphatic carbocycles. The van der Waals surface area contributed by atoms with E-state index in [0.717, 1.165) is 30.5 Å². The Hall–Kier alpha value is -1.52. The minimum atomic E-state index is 0. The molecule has 0 saturated heterocycles. The smallest absolute Gasteiger partial charge is 0.130 e. The van der Waals surface area contributed by atoms with Crippen LogP contribution in [-0.4, -0.2) is 16.8 Å². The van der Waals surface area contributed by atoms with E-state index >= 15 is 0 Å². The highest BCUT2D eigenvalue weighted by molar-refractivity contribution is 5.85. The van der Waals surface area contributed by atoms with Crippen LogP contribution in [0.4, 0.5) is 0 Å². The molecule has 0 atom stereocenters. The SMILES string of the molecule is CNCc1cc(COc2ccccc2C)n(CC2CCCC2)n1.Cl. The van der Waals surface area contributed by atoms with Crippen molar-refractivity contribution in [2.45, 2.75) is 52.3 Å². The molecular formula is C19H28ClN3O. The third kappa shape index (κ3) is 4.74. The number of benzene rings is 1. The van der Waals surface area contributed by atoms with Crippen LogP contribution in [0.15, 0.2) is 30.3 Å². The van der Waals surface area contributed by atoms with Crippen molar-refractivity contribution in [2.75, 3.05) is 7.05 Å². The van der Waals surface area contributed by atoms with Gasteiger partial charge in [-0.05, 0) is 50.4 Å². The van der Waals surface area contributed by atoms with E-state index in [1.165, 1.54) is 36.9 Å². The number of rotatable bonds is 7. The molecule has 5 heteroatoms. The summed E-state index contributed by atoms with van der Waals surface area (Å²) in [5, 5.41) is 7.96. The number of hydrogen-bond acceptors (Lipinski definition) is 3. The molecule has 0 aliphatic heterocycles. The number of para-hydroxylation sites is 1. The average Bonchev–Trinajstić information content (AvgIpc) is 3.18. The van der Waals surface area contributed by atoms with Gasteiger partial charge in [0.15, 0.2) is 0 Å². The average molecular weight is 350 g/mol. The molecule has 0 amide bonds. The molecule has 1 heterocycles. The van der Waals surface area contributed by atoms with Gasteiger partial charge in [0.05, 0.1) is 11.4 Å². The summed E-state index contributed by atoms with van der Waals surface area (Å²) in [6.07, 6.45) is 5.40. The Kier molecular flexibility index (Phi) is 7.13. The summed E-state index contributed by atoms with van der Waals surface area (Å²) in [7, 11) is 1.96. The highest BCUT2D eigenvalue weighted by atomic mass is 35.5. The summed E-state index contributed by atoms with van der Waals surface area (Å²) in [4.78, 5) is 0. The summed E-state index contributed by atoms with van der Waals surface area (Å²) in [5.41, 5.74) is 3.43. The maximum Gasteiger partial charge on any atom is 0.130 e. The second-order valence-electron chi connectivity index (χ2n) is 6.54. The summed E-state index contributed by atoms with van der Waals surface area (Å²) < 4.78 is 8.21. The second-order valence-corrected chi connectivity index (χ2v) is 6.54. The highest BCUT2D eigenvalue weighted by Gasteiger charge is 2.18. The summed E-state index contributed by atoms with van der Waals surface area (Å²) in [5.74, 6) is 1.73. The minimum absolute atomic E-state index is 0. The second kappa shape index (κ2) is 9.09. The molecule has 132 valence electrons. The lowest BCUT2D eigenvalue weighted by Crippen LogP contribution is -2.14. The Morgan fingerprint density at radius 2 is 2.00 bits per heavy atom. The summed E-state index contributed by atoms with van der Waals surface area (Å²) in [6.45, 7) is 4.48. The molecular weight excluding hydrogens is 322 g/mol. The quantitative estimate of drug-likeness (QED) is 0.817. The minimum Gasteiger partial charge on any atom is -0.487 e. The van der Waals surface area contributed by atoms with Crippen LogP contribution in [0.1, 0.15) is 42.6 Å². The van der Waals surface area contributed by atoms with Crippen LogP contribution in [0.3, 0.4) is 0 Å². The fraction of sp³-hybridized carbons (Fsp3) is 0.526. The van der Waals surface area contributed by atoms with Crippen molar-refractivity contribution in [2.24, 2.45) is 5.92 Å². The van der Waals surface area contributed by atoms with E-state index in [9.17, 15) is 0 Å². The Bertz CT molecular complexity index is 635. The van der Waals surface area contributed by atoms with Gasteiger partial charge in [0.2, 0.25) is 0 Å². The largest absolute Gasteiger partial charge is 0.487 e. The predicted molar refractivity (Wildman–Crippen MR) is 99.7 cm³/mol. The van der Waals surface area contributed by atoms with Crippen LogP contribution in [0.25, 0.3) is 0 Å². The Morgan fingerprint density at radius 1 is 1.25 bits per heavy atom. The first kappa shape index (κ1) is 18.8. The third-order valence-corrected chi connectivity index (χ3v) is 4.65. The first-order valence-corrected chi connectivity index (χ1v) is 8.65. The van der Waals surface area contributed by atoms with E-state index < -0.39 is 0 Å². The zero-order chi connectivity index (χ0) is 16.1. The van der Waals surface area contributed by atoms with E-state index in [2.05, 4.69) is 29.1 Å². The molecule has 1 aliphatic rings. The van der Waals surface area contributed by atoms with Crippen LogP contribution in [0, 0.1) is 12.8 Å². The monoisotopic (exact) mass is 349 g/mol. The van der Waals surface area contributed by atoms with Gasteiger partial charge in [-0.25, -0.2) is 0 Å². The van der Waals surface area contributed by atoms with E-state index in [0.29, 0.717) is 6.61 Å².